The van der Waals surface area contributed by atoms with Gasteiger partial charge in [0, 0.05) is 28.5 Å². The van der Waals surface area contributed by atoms with Crippen LogP contribution in [-0.2, 0) is 0 Å². The molecular weight excluding hydrogens is 439 g/mol. The molecule has 112 valence electrons. The Morgan fingerprint density at radius 2 is 1.47 bits per heavy atom. The van der Waals surface area contributed by atoms with E-state index in [1.807, 2.05) is 0 Å². The highest BCUT2D eigenvalue weighted by molar-refractivity contribution is 6.58. The Labute approximate surface area is 157 Å². The van der Waals surface area contributed by atoms with Crippen LogP contribution in [0.15, 0.2) is 0 Å². The van der Waals surface area contributed by atoms with Crippen LogP contribution in [0.3, 0.4) is 0 Å². The molecule has 2 unspecified atom stereocenters. The molecule has 2 bridgehead atoms. The molecule has 0 aromatic carbocycles. The van der Waals surface area contributed by atoms with E-state index in [9.17, 15) is 0 Å². The first-order valence-electron chi connectivity index (χ1n) is 5.35. The first-order chi connectivity index (χ1) is 8.55. The number of alkyl halides is 9. The molecule has 19 heavy (non-hydrogen) atoms. The van der Waals surface area contributed by atoms with Crippen molar-refractivity contribution in [1.29, 1.82) is 0 Å². The van der Waals surface area contributed by atoms with Crippen LogP contribution in [0.5, 0.6) is 0 Å². The quantitative estimate of drug-likeness (QED) is 0.449. The molecule has 0 amide bonds. The summed E-state index contributed by atoms with van der Waals surface area (Å²) in [6.07, 6.45) is 0.182. The lowest BCUT2D eigenvalue weighted by Gasteiger charge is -2.47. The Balaban J connectivity index is 2.74. The van der Waals surface area contributed by atoms with E-state index < -0.39 is 35.6 Å². The zero-order valence-corrected chi connectivity index (χ0v) is 16.1. The lowest BCUT2D eigenvalue weighted by Crippen LogP contribution is -2.53. The van der Waals surface area contributed by atoms with Crippen LogP contribution in [0, 0.1) is 16.7 Å². The Kier molecular flexibility index (Phi) is 5.02. The normalized spacial score (nSPS) is 42.0. The number of fused-ring (bicyclic) bond motifs is 2. The van der Waals surface area contributed by atoms with E-state index in [1.54, 1.807) is 0 Å². The lowest BCUT2D eigenvalue weighted by molar-refractivity contribution is 0.145. The summed E-state index contributed by atoms with van der Waals surface area (Å²) in [6, 6.07) is 0. The maximum atomic E-state index is 6.47. The first-order valence-corrected chi connectivity index (χ1v) is 9.24. The summed E-state index contributed by atoms with van der Waals surface area (Å²) >= 11 is 56.8. The first kappa shape index (κ1) is 18.0. The van der Waals surface area contributed by atoms with Gasteiger partial charge in [0.15, 0.2) is 0 Å². The second-order valence-electron chi connectivity index (χ2n) is 5.14. The van der Waals surface area contributed by atoms with Gasteiger partial charge in [-0.25, -0.2) is 0 Å². The molecule has 0 aliphatic heterocycles. The Morgan fingerprint density at radius 3 is 1.79 bits per heavy atom. The van der Waals surface area contributed by atoms with Crippen molar-refractivity contribution >= 4 is 104 Å². The standard InChI is InChI=1S/C10H9Cl9/c11-2-7(3-12)4-5(13)10(18,19)8(7,6(14)15)1-9(4,16)17/h4-6H,1-3H2/t4?,5-,8?/m0/s1. The van der Waals surface area contributed by atoms with Crippen molar-refractivity contribution in [3.8, 4) is 0 Å². The molecule has 2 aliphatic carbocycles. The molecule has 0 heterocycles. The highest BCUT2D eigenvalue weighted by Gasteiger charge is 2.85. The summed E-state index contributed by atoms with van der Waals surface area (Å²) < 4.78 is -2.59. The van der Waals surface area contributed by atoms with Crippen LogP contribution in [0.4, 0.5) is 0 Å². The number of rotatable bonds is 3. The Morgan fingerprint density at radius 1 is 1.00 bits per heavy atom. The Bertz CT molecular complexity index is 375. The highest BCUT2D eigenvalue weighted by atomic mass is 35.5. The molecule has 3 atom stereocenters. The van der Waals surface area contributed by atoms with Gasteiger partial charge in [0.05, 0.1) is 5.38 Å². The van der Waals surface area contributed by atoms with E-state index in [1.165, 1.54) is 0 Å². The van der Waals surface area contributed by atoms with Gasteiger partial charge < -0.3 is 0 Å². The number of halogens is 9. The van der Waals surface area contributed by atoms with E-state index in [0.29, 0.717) is 0 Å². The molecule has 0 spiro atoms. The summed E-state index contributed by atoms with van der Waals surface area (Å²) in [7, 11) is 0. The van der Waals surface area contributed by atoms with Crippen molar-refractivity contribution < 1.29 is 0 Å². The fourth-order valence-corrected chi connectivity index (χ4v) is 8.72. The molecule has 2 saturated carbocycles. The average molecular weight is 448 g/mol. The molecule has 2 fully saturated rings. The summed E-state index contributed by atoms with van der Waals surface area (Å²) in [5.41, 5.74) is -1.90. The minimum atomic E-state index is -1.41. The van der Waals surface area contributed by atoms with Crippen LogP contribution < -0.4 is 0 Å². The molecule has 0 aromatic heterocycles. The minimum Gasteiger partial charge on any atom is -0.126 e. The van der Waals surface area contributed by atoms with Crippen LogP contribution >= 0.6 is 104 Å². The molecular formula is C10H9Cl9. The van der Waals surface area contributed by atoms with Gasteiger partial charge >= 0.3 is 0 Å². The average Bonchev–Trinajstić information content (AvgIpc) is 2.60. The van der Waals surface area contributed by atoms with Gasteiger partial charge in [-0.3, -0.25) is 0 Å². The van der Waals surface area contributed by atoms with E-state index in [2.05, 4.69) is 0 Å². The predicted molar refractivity (Wildman–Crippen MR) is 88.4 cm³/mol. The van der Waals surface area contributed by atoms with Crippen LogP contribution in [0.2, 0.25) is 0 Å². The second-order valence-corrected chi connectivity index (χ2v) is 10.2. The van der Waals surface area contributed by atoms with Gasteiger partial charge in [-0.2, -0.15) is 0 Å². The summed E-state index contributed by atoms with van der Waals surface area (Å²) in [5, 5.41) is -0.753. The summed E-state index contributed by atoms with van der Waals surface area (Å²) in [5.74, 6) is -0.277. The largest absolute Gasteiger partial charge is 0.143 e. The number of hydrogen-bond donors (Lipinski definition) is 0. The smallest absolute Gasteiger partial charge is 0.126 e. The maximum Gasteiger partial charge on any atom is 0.143 e. The third-order valence-electron chi connectivity index (χ3n) is 4.54. The fraction of sp³-hybridized carbons (Fsp3) is 1.00. The number of hydrogen-bond acceptors (Lipinski definition) is 0. The Hall–Kier alpha value is 2.61. The monoisotopic (exact) mass is 444 g/mol. The second kappa shape index (κ2) is 5.32. The zero-order valence-electron chi connectivity index (χ0n) is 9.26. The molecule has 2 aliphatic rings. The minimum absolute atomic E-state index is 0.114. The SMILES string of the molecule is ClCC1(CCl)C2[C@H](Cl)C(Cl)(Cl)C1(C(Cl)Cl)CC2(Cl)Cl. The third-order valence-corrected chi connectivity index (χ3v) is 8.92. The molecule has 0 saturated heterocycles. The summed E-state index contributed by atoms with van der Waals surface area (Å²) in [4.78, 5) is -0.953. The molecule has 0 radical (unpaired) electrons. The van der Waals surface area contributed by atoms with Crippen LogP contribution in [0.25, 0.3) is 0 Å². The van der Waals surface area contributed by atoms with Gasteiger partial charge in [-0.05, 0) is 6.42 Å². The molecule has 9 heteroatoms. The van der Waals surface area contributed by atoms with Crippen molar-refractivity contribution in [2.75, 3.05) is 11.8 Å². The molecule has 0 aromatic rings. The van der Waals surface area contributed by atoms with E-state index >= 15 is 0 Å². The highest BCUT2D eigenvalue weighted by Crippen LogP contribution is 2.81. The van der Waals surface area contributed by atoms with Crippen molar-refractivity contribution in [2.24, 2.45) is 16.7 Å². The van der Waals surface area contributed by atoms with Crippen molar-refractivity contribution in [3.63, 3.8) is 0 Å². The molecule has 0 N–H and O–H groups in total. The van der Waals surface area contributed by atoms with Crippen LogP contribution in [0.1, 0.15) is 6.42 Å². The van der Waals surface area contributed by atoms with Crippen LogP contribution in [-0.4, -0.2) is 30.6 Å². The van der Waals surface area contributed by atoms with Gasteiger partial charge in [0.25, 0.3) is 0 Å². The topological polar surface area (TPSA) is 0 Å². The van der Waals surface area contributed by atoms with Gasteiger partial charge in [-0.1, -0.05) is 23.2 Å². The van der Waals surface area contributed by atoms with E-state index in [-0.39, 0.29) is 18.2 Å². The van der Waals surface area contributed by atoms with Crippen molar-refractivity contribution in [3.05, 3.63) is 0 Å². The van der Waals surface area contributed by atoms with E-state index in [0.717, 1.165) is 0 Å². The predicted octanol–water partition coefficient (Wildman–Crippen LogP) is 6.23. The van der Waals surface area contributed by atoms with Gasteiger partial charge in [0.1, 0.15) is 13.5 Å². The third kappa shape index (κ3) is 1.94. The van der Waals surface area contributed by atoms with Crippen molar-refractivity contribution in [2.45, 2.75) is 25.3 Å². The van der Waals surface area contributed by atoms with E-state index in [4.69, 9.17) is 104 Å². The van der Waals surface area contributed by atoms with Gasteiger partial charge in [-0.15, -0.1) is 81.2 Å². The zero-order chi connectivity index (χ0) is 14.9. The summed E-state index contributed by atoms with van der Waals surface area (Å²) in [6.45, 7) is 0. The van der Waals surface area contributed by atoms with Crippen molar-refractivity contribution in [1.82, 2.24) is 0 Å². The maximum absolute atomic E-state index is 6.47. The lowest BCUT2D eigenvalue weighted by atomic mass is 9.70. The molecule has 0 nitrogen and oxygen atoms in total. The fourth-order valence-electron chi connectivity index (χ4n) is 3.62. The molecule has 2 rings (SSSR count). The van der Waals surface area contributed by atoms with Gasteiger partial charge in [0.2, 0.25) is 0 Å².